The molecule has 26 heavy (non-hydrogen) atoms. The van der Waals surface area contributed by atoms with Crippen LogP contribution in [-0.4, -0.2) is 20.9 Å². The molecule has 0 unspecified atom stereocenters. The van der Waals surface area contributed by atoms with E-state index < -0.39 is 0 Å². The van der Waals surface area contributed by atoms with Crippen molar-refractivity contribution in [2.75, 3.05) is 23.8 Å². The lowest BCUT2D eigenvalue weighted by Crippen LogP contribution is -2.62. The van der Waals surface area contributed by atoms with Crippen LogP contribution in [0.1, 0.15) is 16.7 Å². The summed E-state index contributed by atoms with van der Waals surface area (Å²) in [6, 6.07) is 17.7. The molecule has 0 radical (unpaired) electrons. The first-order valence-electron chi connectivity index (χ1n) is 9.31. The molecule has 3 aromatic carbocycles. The van der Waals surface area contributed by atoms with Crippen LogP contribution in [0, 0.1) is 20.8 Å². The second kappa shape index (κ2) is 5.17. The molecule has 0 N–H and O–H groups in total. The predicted molar refractivity (Wildman–Crippen MR) is 114 cm³/mol. The number of benzene rings is 3. The van der Waals surface area contributed by atoms with E-state index >= 15 is 0 Å². The minimum Gasteiger partial charge on any atom is -0.409 e. The van der Waals surface area contributed by atoms with Crippen LogP contribution in [-0.2, 0) is 0 Å². The number of hydrogen-bond acceptors (Lipinski definition) is 2. The van der Waals surface area contributed by atoms with Gasteiger partial charge in [-0.3, -0.25) is 0 Å². The van der Waals surface area contributed by atoms with Gasteiger partial charge in [0, 0.05) is 29.7 Å². The Labute approximate surface area is 156 Å². The second-order valence-electron chi connectivity index (χ2n) is 7.66. The van der Waals surface area contributed by atoms with Crippen molar-refractivity contribution in [1.82, 2.24) is 0 Å². The third-order valence-electron chi connectivity index (χ3n) is 6.52. The molecule has 0 bridgehead atoms. The van der Waals surface area contributed by atoms with Gasteiger partial charge in [-0.2, -0.15) is 0 Å². The summed E-state index contributed by atoms with van der Waals surface area (Å²) in [5, 5.41) is 0. The van der Waals surface area contributed by atoms with Gasteiger partial charge in [0.25, 0.3) is 0 Å². The van der Waals surface area contributed by atoms with Crippen LogP contribution in [0.5, 0.6) is 0 Å². The zero-order valence-electron chi connectivity index (χ0n) is 16.1. The van der Waals surface area contributed by atoms with Gasteiger partial charge in [0.15, 0.2) is 0 Å². The van der Waals surface area contributed by atoms with E-state index in [1.165, 1.54) is 55.8 Å². The highest BCUT2D eigenvalue weighted by molar-refractivity contribution is 6.92. The average Bonchev–Trinajstić information content (AvgIpc) is 2.66. The molecule has 2 nitrogen and oxygen atoms in total. The van der Waals surface area contributed by atoms with Crippen LogP contribution in [0.25, 0.3) is 11.1 Å². The molecule has 5 rings (SSSR count). The fourth-order valence-electron chi connectivity index (χ4n) is 5.05. The maximum absolute atomic E-state index is 2.46. The van der Waals surface area contributed by atoms with Crippen molar-refractivity contribution < 1.29 is 0 Å². The van der Waals surface area contributed by atoms with Crippen LogP contribution in [0.2, 0.25) is 0 Å². The molecule has 3 heteroatoms. The molecule has 2 heterocycles. The van der Waals surface area contributed by atoms with Crippen LogP contribution >= 0.6 is 0 Å². The minimum atomic E-state index is 0.264. The van der Waals surface area contributed by atoms with E-state index in [1.807, 2.05) is 0 Å². The van der Waals surface area contributed by atoms with E-state index in [4.69, 9.17) is 0 Å². The van der Waals surface area contributed by atoms with Gasteiger partial charge in [-0.15, -0.1) is 0 Å². The molecular formula is C23H23BN2. The Bertz CT molecular complexity index is 1070. The van der Waals surface area contributed by atoms with Crippen molar-refractivity contribution in [3.63, 3.8) is 0 Å². The Morgan fingerprint density at radius 3 is 2.15 bits per heavy atom. The Kier molecular flexibility index (Phi) is 3.09. The van der Waals surface area contributed by atoms with Gasteiger partial charge in [-0.05, 0) is 73.1 Å². The van der Waals surface area contributed by atoms with Crippen molar-refractivity contribution in [2.24, 2.45) is 0 Å². The summed E-state index contributed by atoms with van der Waals surface area (Å²) in [6.07, 6.45) is 0. The number of nitrogens with zero attached hydrogens (tertiary/aromatic N) is 2. The van der Waals surface area contributed by atoms with Gasteiger partial charge in [0.2, 0.25) is 0 Å². The van der Waals surface area contributed by atoms with E-state index in [1.54, 1.807) is 0 Å². The van der Waals surface area contributed by atoms with E-state index in [0.29, 0.717) is 0 Å². The molecule has 3 aromatic rings. The van der Waals surface area contributed by atoms with Crippen molar-refractivity contribution in [2.45, 2.75) is 20.8 Å². The highest BCUT2D eigenvalue weighted by atomic mass is 15.1. The molecule has 0 atom stereocenters. The van der Waals surface area contributed by atoms with E-state index in [9.17, 15) is 0 Å². The number of anilines is 3. The average molecular weight is 338 g/mol. The number of para-hydroxylation sites is 2. The van der Waals surface area contributed by atoms with Crippen molar-refractivity contribution >= 4 is 34.8 Å². The highest BCUT2D eigenvalue weighted by Crippen LogP contribution is 2.43. The molecule has 0 saturated heterocycles. The monoisotopic (exact) mass is 338 g/mol. The summed E-state index contributed by atoms with van der Waals surface area (Å²) in [4.78, 5) is 4.86. The molecule has 128 valence electrons. The standard InChI is InChI=1S/C23H23BN2/c1-14-15(2)21-17-10-6-8-12-19(17)26(5)24-18-11-7-9-13-20(18)25(4)23(16(14)3)22(21)24/h6-13H,1-5H3. The summed E-state index contributed by atoms with van der Waals surface area (Å²) in [5.41, 5.74) is 13.9. The van der Waals surface area contributed by atoms with Gasteiger partial charge in [0.1, 0.15) is 0 Å². The smallest absolute Gasteiger partial charge is 0.328 e. The molecule has 0 amide bonds. The molecule has 2 aliphatic heterocycles. The van der Waals surface area contributed by atoms with Crippen molar-refractivity contribution in [3.05, 3.63) is 65.2 Å². The predicted octanol–water partition coefficient (Wildman–Crippen LogP) is 3.92. The third-order valence-corrected chi connectivity index (χ3v) is 6.52. The number of hydrogen-bond donors (Lipinski definition) is 0. The Morgan fingerprint density at radius 1 is 0.731 bits per heavy atom. The molecule has 0 saturated carbocycles. The lowest BCUT2D eigenvalue weighted by molar-refractivity contribution is 1.15. The fraction of sp³-hybridized carbons (Fsp3) is 0.217. The largest absolute Gasteiger partial charge is 0.409 e. The fourth-order valence-corrected chi connectivity index (χ4v) is 5.05. The first-order valence-corrected chi connectivity index (χ1v) is 9.31. The zero-order valence-corrected chi connectivity index (χ0v) is 16.1. The maximum Gasteiger partial charge on any atom is 0.328 e. The first-order chi connectivity index (χ1) is 12.5. The third kappa shape index (κ3) is 1.73. The molecule has 0 spiro atoms. The summed E-state index contributed by atoms with van der Waals surface area (Å²) >= 11 is 0. The van der Waals surface area contributed by atoms with Crippen molar-refractivity contribution in [3.8, 4) is 11.1 Å². The van der Waals surface area contributed by atoms with Crippen LogP contribution in [0.3, 0.4) is 0 Å². The lowest BCUT2D eigenvalue weighted by Gasteiger charge is -2.45. The van der Waals surface area contributed by atoms with E-state index in [2.05, 4.69) is 93.1 Å². The van der Waals surface area contributed by atoms with Gasteiger partial charge < -0.3 is 9.71 Å². The Morgan fingerprint density at radius 2 is 1.38 bits per heavy atom. The minimum absolute atomic E-state index is 0.264. The number of rotatable bonds is 0. The topological polar surface area (TPSA) is 6.48 Å². The molecule has 0 fully saturated rings. The van der Waals surface area contributed by atoms with Crippen LogP contribution in [0.15, 0.2) is 48.5 Å². The van der Waals surface area contributed by atoms with E-state index in [-0.39, 0.29) is 6.85 Å². The lowest BCUT2D eigenvalue weighted by atomic mass is 9.43. The van der Waals surface area contributed by atoms with Gasteiger partial charge >= 0.3 is 6.85 Å². The Balaban J connectivity index is 1.99. The van der Waals surface area contributed by atoms with Gasteiger partial charge in [0.05, 0.1) is 0 Å². The van der Waals surface area contributed by atoms with E-state index in [0.717, 1.165) is 0 Å². The van der Waals surface area contributed by atoms with Crippen LogP contribution in [0.4, 0.5) is 17.1 Å². The van der Waals surface area contributed by atoms with Gasteiger partial charge in [-0.1, -0.05) is 36.4 Å². The van der Waals surface area contributed by atoms with Gasteiger partial charge in [-0.25, -0.2) is 0 Å². The first kappa shape index (κ1) is 15.6. The molecule has 2 aliphatic rings. The summed E-state index contributed by atoms with van der Waals surface area (Å²) in [6.45, 7) is 7.10. The Hall–Kier alpha value is -2.68. The molecule has 0 aromatic heterocycles. The zero-order chi connectivity index (χ0) is 18.2. The molecule has 0 aliphatic carbocycles. The summed E-state index contributed by atoms with van der Waals surface area (Å²) in [7, 11) is 4.45. The summed E-state index contributed by atoms with van der Waals surface area (Å²) in [5.74, 6) is 0. The quantitative estimate of drug-likeness (QED) is 0.574. The highest BCUT2D eigenvalue weighted by Gasteiger charge is 2.43. The molecular weight excluding hydrogens is 315 g/mol. The normalized spacial score (nSPS) is 14.1. The maximum atomic E-state index is 2.46. The van der Waals surface area contributed by atoms with Crippen LogP contribution < -0.4 is 20.6 Å². The summed E-state index contributed by atoms with van der Waals surface area (Å²) < 4.78 is 0. The second-order valence-corrected chi connectivity index (χ2v) is 7.66. The number of fused-ring (bicyclic) bond motifs is 4. The van der Waals surface area contributed by atoms with Crippen molar-refractivity contribution in [1.29, 1.82) is 0 Å². The SMILES string of the molecule is Cc1c(C)c2c3c(c1C)N(C)c1ccccc1B3N(C)c1ccccc1-2.